The van der Waals surface area contributed by atoms with Gasteiger partial charge in [-0.3, -0.25) is 19.9 Å². The lowest BCUT2D eigenvalue weighted by atomic mass is 9.87. The molecule has 6 nitrogen and oxygen atoms in total. The monoisotopic (exact) mass is 362 g/mol. The van der Waals surface area contributed by atoms with E-state index >= 15 is 0 Å². The van der Waals surface area contributed by atoms with E-state index in [0.717, 1.165) is 11.1 Å². The highest BCUT2D eigenvalue weighted by molar-refractivity contribution is 6.06. The first-order valence-corrected chi connectivity index (χ1v) is 9.07. The number of nitrogens with two attached hydrogens (primary N) is 1. The molecule has 2 aromatic carbocycles. The van der Waals surface area contributed by atoms with Crippen LogP contribution < -0.4 is 11.1 Å². The molecule has 138 valence electrons. The van der Waals surface area contributed by atoms with Crippen molar-refractivity contribution in [2.75, 3.05) is 0 Å². The average molecular weight is 362 g/mol. The Kier molecular flexibility index (Phi) is 4.28. The highest BCUT2D eigenvalue weighted by atomic mass is 16.2. The molecule has 2 aliphatic heterocycles. The fourth-order valence-corrected chi connectivity index (χ4v) is 4.24. The summed E-state index contributed by atoms with van der Waals surface area (Å²) in [5.41, 5.74) is 8.04. The van der Waals surface area contributed by atoms with Gasteiger partial charge in [0.2, 0.25) is 11.8 Å². The van der Waals surface area contributed by atoms with Crippen LogP contribution in [0.4, 0.5) is 0 Å². The number of carbonyl (C=O) groups excluding carboxylic acids is 2. The second-order valence-electron chi connectivity index (χ2n) is 7.27. The fraction of sp³-hybridized carbons (Fsp3) is 0.286. The van der Waals surface area contributed by atoms with Gasteiger partial charge in [0, 0.05) is 17.6 Å². The number of carbonyl (C=O) groups is 2. The number of likely N-dealkylation sites (tertiary alicyclic amines) is 1. The fourth-order valence-electron chi connectivity index (χ4n) is 4.24. The smallest absolute Gasteiger partial charge is 0.235 e. The number of benzene rings is 2. The van der Waals surface area contributed by atoms with Gasteiger partial charge in [0.1, 0.15) is 5.84 Å². The molecule has 0 spiro atoms. The minimum absolute atomic E-state index is 0.00772. The number of amidine groups is 1. The molecule has 2 fully saturated rings. The summed E-state index contributed by atoms with van der Waals surface area (Å²) in [6, 6.07) is 16.6. The molecule has 4 rings (SSSR count). The Labute approximate surface area is 157 Å². The van der Waals surface area contributed by atoms with E-state index in [2.05, 4.69) is 5.32 Å². The van der Waals surface area contributed by atoms with Crippen LogP contribution in [0.2, 0.25) is 0 Å². The molecule has 4 atom stereocenters. The predicted molar refractivity (Wildman–Crippen MR) is 102 cm³/mol. The molecule has 27 heavy (non-hydrogen) atoms. The van der Waals surface area contributed by atoms with E-state index in [1.165, 1.54) is 4.90 Å². The summed E-state index contributed by atoms with van der Waals surface area (Å²) in [4.78, 5) is 27.5. The molecule has 2 aliphatic rings. The van der Waals surface area contributed by atoms with Crippen LogP contribution in [-0.2, 0) is 16.1 Å². The summed E-state index contributed by atoms with van der Waals surface area (Å²) in [5.74, 6) is -0.963. The Morgan fingerprint density at radius 1 is 1.04 bits per heavy atom. The molecule has 0 bridgehead atoms. The molecule has 2 saturated heterocycles. The zero-order valence-corrected chi connectivity index (χ0v) is 15.1. The number of hydrogen-bond donors (Lipinski definition) is 3. The van der Waals surface area contributed by atoms with Crippen molar-refractivity contribution in [3.8, 4) is 0 Å². The molecule has 2 amide bonds. The van der Waals surface area contributed by atoms with Crippen LogP contribution in [0.1, 0.15) is 29.7 Å². The maximum absolute atomic E-state index is 13.1. The molecular formula is C21H22N4O2. The molecule has 0 saturated carbocycles. The van der Waals surface area contributed by atoms with Crippen molar-refractivity contribution >= 4 is 17.6 Å². The lowest BCUT2D eigenvalue weighted by molar-refractivity contribution is -0.141. The Morgan fingerprint density at radius 3 is 2.30 bits per heavy atom. The molecular weight excluding hydrogens is 340 g/mol. The van der Waals surface area contributed by atoms with Gasteiger partial charge in [-0.25, -0.2) is 0 Å². The van der Waals surface area contributed by atoms with Gasteiger partial charge >= 0.3 is 0 Å². The SMILES string of the molecule is CC1NC(c2ccc(C(=N)N)cc2)C2C(=O)N(Cc3ccccc3)C(=O)C12. The van der Waals surface area contributed by atoms with Gasteiger partial charge < -0.3 is 11.1 Å². The van der Waals surface area contributed by atoms with E-state index < -0.39 is 5.92 Å². The van der Waals surface area contributed by atoms with E-state index in [4.69, 9.17) is 11.1 Å². The van der Waals surface area contributed by atoms with Crippen LogP contribution in [0.25, 0.3) is 0 Å². The number of imide groups is 1. The third-order valence-electron chi connectivity index (χ3n) is 5.59. The minimum atomic E-state index is -0.403. The predicted octanol–water partition coefficient (Wildman–Crippen LogP) is 1.80. The summed E-state index contributed by atoms with van der Waals surface area (Å²) in [5, 5.41) is 10.9. The first-order chi connectivity index (χ1) is 13.0. The third-order valence-corrected chi connectivity index (χ3v) is 5.59. The van der Waals surface area contributed by atoms with Crippen molar-refractivity contribution in [1.29, 1.82) is 5.41 Å². The highest BCUT2D eigenvalue weighted by Gasteiger charge is 2.57. The normalized spacial score (nSPS) is 27.1. The highest BCUT2D eigenvalue weighted by Crippen LogP contribution is 2.44. The van der Waals surface area contributed by atoms with Crippen molar-refractivity contribution in [1.82, 2.24) is 10.2 Å². The largest absolute Gasteiger partial charge is 0.384 e. The number of rotatable bonds is 4. The lowest BCUT2D eigenvalue weighted by Crippen LogP contribution is -2.37. The molecule has 6 heteroatoms. The van der Waals surface area contributed by atoms with Crippen molar-refractivity contribution in [2.24, 2.45) is 17.6 Å². The summed E-state index contributed by atoms with van der Waals surface area (Å²) in [6.45, 7) is 2.27. The van der Waals surface area contributed by atoms with Crippen LogP contribution in [0, 0.1) is 17.2 Å². The lowest BCUT2D eigenvalue weighted by Gasteiger charge is -2.21. The van der Waals surface area contributed by atoms with Crippen LogP contribution in [-0.4, -0.2) is 28.6 Å². The van der Waals surface area contributed by atoms with E-state index in [9.17, 15) is 9.59 Å². The minimum Gasteiger partial charge on any atom is -0.384 e. The number of nitrogens with zero attached hydrogens (tertiary/aromatic N) is 1. The number of nitrogen functional groups attached to an aromatic ring is 1. The van der Waals surface area contributed by atoms with E-state index in [-0.39, 0.29) is 35.7 Å². The topological polar surface area (TPSA) is 99.3 Å². The van der Waals surface area contributed by atoms with Crippen LogP contribution >= 0.6 is 0 Å². The molecule has 2 heterocycles. The zero-order chi connectivity index (χ0) is 19.1. The molecule has 2 aromatic rings. The molecule has 0 radical (unpaired) electrons. The summed E-state index contributed by atoms with van der Waals surface area (Å²) < 4.78 is 0. The van der Waals surface area contributed by atoms with Gasteiger partial charge in [0.15, 0.2) is 0 Å². The molecule has 0 aliphatic carbocycles. The van der Waals surface area contributed by atoms with Gasteiger partial charge in [0.25, 0.3) is 0 Å². The maximum Gasteiger partial charge on any atom is 0.235 e. The van der Waals surface area contributed by atoms with Crippen molar-refractivity contribution in [2.45, 2.75) is 25.6 Å². The molecule has 0 aromatic heterocycles. The van der Waals surface area contributed by atoms with Crippen LogP contribution in [0.5, 0.6) is 0 Å². The first kappa shape index (κ1) is 17.4. The summed E-state index contributed by atoms with van der Waals surface area (Å²) in [6.07, 6.45) is 0. The Hall–Kier alpha value is -2.99. The van der Waals surface area contributed by atoms with Crippen LogP contribution in [0.3, 0.4) is 0 Å². The number of hydrogen-bond acceptors (Lipinski definition) is 4. The van der Waals surface area contributed by atoms with Gasteiger partial charge in [-0.1, -0.05) is 54.6 Å². The summed E-state index contributed by atoms with van der Waals surface area (Å²) >= 11 is 0. The van der Waals surface area contributed by atoms with Crippen molar-refractivity contribution < 1.29 is 9.59 Å². The van der Waals surface area contributed by atoms with Gasteiger partial charge in [-0.15, -0.1) is 0 Å². The van der Waals surface area contributed by atoms with E-state index in [0.29, 0.717) is 12.1 Å². The Morgan fingerprint density at radius 2 is 1.67 bits per heavy atom. The first-order valence-electron chi connectivity index (χ1n) is 9.07. The second kappa shape index (κ2) is 6.63. The third kappa shape index (κ3) is 2.92. The van der Waals surface area contributed by atoms with Crippen molar-refractivity contribution in [3.05, 3.63) is 71.3 Å². The maximum atomic E-state index is 13.1. The second-order valence-corrected chi connectivity index (χ2v) is 7.27. The quantitative estimate of drug-likeness (QED) is 0.439. The van der Waals surface area contributed by atoms with E-state index in [1.807, 2.05) is 49.4 Å². The average Bonchev–Trinajstić information content (AvgIpc) is 3.14. The zero-order valence-electron chi connectivity index (χ0n) is 15.1. The number of fused-ring (bicyclic) bond motifs is 1. The standard InChI is InChI=1S/C21H22N4O2/c1-12-16-17(18(24-12)14-7-9-15(10-8-14)19(22)23)21(27)25(20(16)26)11-13-5-3-2-4-6-13/h2-10,12,16-18,24H,11H2,1H3,(H3,22,23). The Bertz CT molecular complexity index is 894. The number of amides is 2. The number of nitrogens with one attached hydrogen (secondary N) is 2. The van der Waals surface area contributed by atoms with Gasteiger partial charge in [-0.05, 0) is 18.1 Å². The summed E-state index contributed by atoms with van der Waals surface area (Å²) in [7, 11) is 0. The molecule has 4 unspecified atom stereocenters. The van der Waals surface area contributed by atoms with Crippen LogP contribution in [0.15, 0.2) is 54.6 Å². The van der Waals surface area contributed by atoms with Gasteiger partial charge in [0.05, 0.1) is 18.4 Å². The van der Waals surface area contributed by atoms with Crippen molar-refractivity contribution in [3.63, 3.8) is 0 Å². The molecule has 4 N–H and O–H groups in total. The Balaban J connectivity index is 1.62. The van der Waals surface area contributed by atoms with E-state index in [1.54, 1.807) is 12.1 Å². The van der Waals surface area contributed by atoms with Gasteiger partial charge in [-0.2, -0.15) is 0 Å².